The molecule has 0 aromatic rings. The zero-order valence-electron chi connectivity index (χ0n) is 15.0. The second-order valence-electron chi connectivity index (χ2n) is 5.66. The lowest BCUT2D eigenvalue weighted by Crippen LogP contribution is -2.62. The van der Waals surface area contributed by atoms with Gasteiger partial charge in [-0.25, -0.2) is 8.42 Å². The lowest BCUT2D eigenvalue weighted by Gasteiger charge is -2.34. The molecule has 0 aliphatic heterocycles. The summed E-state index contributed by atoms with van der Waals surface area (Å²) in [5.41, 5.74) is 0. The quantitative estimate of drug-likeness (QED) is 0.325. The summed E-state index contributed by atoms with van der Waals surface area (Å²) < 4.78 is 139. The minimum Gasteiger partial charge on any atom is -0.748 e. The van der Waals surface area contributed by atoms with E-state index in [2.05, 4.69) is 27.7 Å². The molecule has 0 heterocycles. The largest absolute Gasteiger partial charge is 0.748 e. The predicted octanol–water partition coefficient (Wildman–Crippen LogP) is 3.88. The van der Waals surface area contributed by atoms with Crippen molar-refractivity contribution in [3.05, 3.63) is 0 Å². The highest BCUT2D eigenvalue weighted by Gasteiger charge is 2.81. The molecule has 0 radical (unpaired) electrons. The summed E-state index contributed by atoms with van der Waals surface area (Å²) in [7, 11) is -6.15. The van der Waals surface area contributed by atoms with E-state index in [-0.39, 0.29) is 0 Å². The molecule has 0 aliphatic carbocycles. The predicted molar refractivity (Wildman–Crippen MR) is 77.9 cm³/mol. The Balaban J connectivity index is 0. The van der Waals surface area contributed by atoms with Gasteiger partial charge in [-0.3, -0.25) is 0 Å². The van der Waals surface area contributed by atoms with Crippen LogP contribution in [-0.4, -0.2) is 73.3 Å². The standard InChI is InChI=1S/C8H20N.C5H3F9O3S/c1-5-9(6-2,7-3)8-4;6-2(7,1-18(15,16)17)3(8,9)4(10,11)5(12,13)14/h5-8H2,1-4H3;1H2,(H,15,16,17)/q+1;/p-1. The monoisotopic (exact) mass is 443 g/mol. The topological polar surface area (TPSA) is 57.2 Å². The molecule has 27 heavy (non-hydrogen) atoms. The normalized spacial score (nSPS) is 14.6. The van der Waals surface area contributed by atoms with Gasteiger partial charge in [-0.2, -0.15) is 39.5 Å². The van der Waals surface area contributed by atoms with Crippen molar-refractivity contribution in [3.63, 3.8) is 0 Å². The van der Waals surface area contributed by atoms with Gasteiger partial charge in [-0.15, -0.1) is 0 Å². The van der Waals surface area contributed by atoms with E-state index in [1.807, 2.05) is 0 Å². The van der Waals surface area contributed by atoms with Crippen LogP contribution in [-0.2, 0) is 10.1 Å². The molecule has 4 nitrogen and oxygen atoms in total. The summed E-state index contributed by atoms with van der Waals surface area (Å²) in [4.78, 5) is 0. The van der Waals surface area contributed by atoms with Gasteiger partial charge in [0.1, 0.15) is 15.9 Å². The van der Waals surface area contributed by atoms with Crippen molar-refractivity contribution < 1.29 is 57.0 Å². The molecule has 166 valence electrons. The van der Waals surface area contributed by atoms with Crippen LogP contribution in [0.1, 0.15) is 27.7 Å². The van der Waals surface area contributed by atoms with Gasteiger partial charge in [-0.1, -0.05) is 0 Å². The molecule has 0 saturated carbocycles. The molecule has 0 saturated heterocycles. The number of hydrogen-bond acceptors (Lipinski definition) is 3. The minimum absolute atomic E-state index is 1.28. The number of rotatable bonds is 8. The Kier molecular flexibility index (Phi) is 9.65. The Bertz CT molecular complexity index is 540. The zero-order valence-corrected chi connectivity index (χ0v) is 15.8. The fourth-order valence-corrected chi connectivity index (χ4v) is 2.69. The lowest BCUT2D eigenvalue weighted by atomic mass is 10.1. The van der Waals surface area contributed by atoms with Gasteiger partial charge in [0.15, 0.2) is 0 Å². The Hall–Kier alpha value is -0.760. The molecule has 0 unspecified atom stereocenters. The zero-order chi connectivity index (χ0) is 22.5. The van der Waals surface area contributed by atoms with Crippen LogP contribution in [0.5, 0.6) is 0 Å². The molecular weight excluding hydrogens is 421 g/mol. The van der Waals surface area contributed by atoms with Crippen molar-refractivity contribution in [2.24, 2.45) is 0 Å². The highest BCUT2D eigenvalue weighted by molar-refractivity contribution is 7.85. The van der Waals surface area contributed by atoms with E-state index in [0.717, 1.165) is 0 Å². The Labute approximate surface area is 151 Å². The lowest BCUT2D eigenvalue weighted by molar-refractivity contribution is -0.921. The molecule has 0 aromatic heterocycles. The number of quaternary nitrogens is 1. The summed E-state index contributed by atoms with van der Waals surface area (Å²) in [5.74, 6) is -24.1. The van der Waals surface area contributed by atoms with Gasteiger partial charge < -0.3 is 9.04 Å². The first kappa shape index (κ1) is 28.4. The number of nitrogens with zero attached hydrogens (tertiary/aromatic N) is 1. The number of hydrogen-bond donors (Lipinski definition) is 0. The van der Waals surface area contributed by atoms with Crippen LogP contribution >= 0.6 is 0 Å². The van der Waals surface area contributed by atoms with Crippen LogP contribution < -0.4 is 0 Å². The smallest absolute Gasteiger partial charge is 0.460 e. The van der Waals surface area contributed by atoms with Gasteiger partial charge in [0.2, 0.25) is 0 Å². The third-order valence-electron chi connectivity index (χ3n) is 4.25. The first-order valence-corrected chi connectivity index (χ1v) is 9.26. The van der Waals surface area contributed by atoms with E-state index in [9.17, 15) is 52.5 Å². The molecule has 0 atom stereocenters. The van der Waals surface area contributed by atoms with E-state index in [4.69, 9.17) is 0 Å². The molecule has 0 amide bonds. The van der Waals surface area contributed by atoms with E-state index in [0.29, 0.717) is 0 Å². The van der Waals surface area contributed by atoms with Crippen LogP contribution in [0.15, 0.2) is 0 Å². The Morgan fingerprint density at radius 3 is 1.15 bits per heavy atom. The van der Waals surface area contributed by atoms with Crippen LogP contribution in [0, 0.1) is 0 Å². The highest BCUT2D eigenvalue weighted by atomic mass is 32.2. The molecule has 14 heteroatoms. The van der Waals surface area contributed by atoms with Crippen LogP contribution in [0.4, 0.5) is 39.5 Å². The summed E-state index contributed by atoms with van der Waals surface area (Å²) in [5, 5.41) is 0. The maximum absolute atomic E-state index is 12.4. The molecular formula is C13H22F9NO3S. The summed E-state index contributed by atoms with van der Waals surface area (Å²) in [6.45, 7) is 14.2. The van der Waals surface area contributed by atoms with Gasteiger partial charge in [-0.05, 0) is 27.7 Å². The molecule has 0 spiro atoms. The second-order valence-corrected chi connectivity index (χ2v) is 7.06. The van der Waals surface area contributed by atoms with E-state index in [1.54, 1.807) is 0 Å². The van der Waals surface area contributed by atoms with Crippen molar-refractivity contribution in [2.75, 3.05) is 31.9 Å². The van der Waals surface area contributed by atoms with Gasteiger partial charge in [0.05, 0.1) is 26.2 Å². The number of halogens is 9. The van der Waals surface area contributed by atoms with Crippen molar-refractivity contribution in [1.29, 1.82) is 0 Å². The van der Waals surface area contributed by atoms with Crippen LogP contribution in [0.3, 0.4) is 0 Å². The van der Waals surface area contributed by atoms with Gasteiger partial charge in [0, 0.05) is 0 Å². The molecule has 0 bridgehead atoms. The van der Waals surface area contributed by atoms with Crippen molar-refractivity contribution in [1.82, 2.24) is 0 Å². The van der Waals surface area contributed by atoms with E-state index in [1.165, 1.54) is 30.7 Å². The molecule has 0 N–H and O–H groups in total. The van der Waals surface area contributed by atoms with E-state index < -0.39 is 39.8 Å². The SMILES string of the molecule is CC[N+](CC)(CC)CC.O=S(=O)([O-])CC(F)(F)C(F)(F)C(F)(F)C(F)(F)F. The number of alkyl halides is 9. The van der Waals surface area contributed by atoms with Crippen molar-refractivity contribution >= 4 is 10.1 Å². The van der Waals surface area contributed by atoms with Gasteiger partial charge in [0.25, 0.3) is 0 Å². The molecule has 0 aromatic carbocycles. The highest BCUT2D eigenvalue weighted by Crippen LogP contribution is 2.53. The maximum atomic E-state index is 12.4. The maximum Gasteiger partial charge on any atom is 0.460 e. The third-order valence-corrected chi connectivity index (χ3v) is 4.97. The van der Waals surface area contributed by atoms with Crippen LogP contribution in [0.25, 0.3) is 0 Å². The van der Waals surface area contributed by atoms with Gasteiger partial charge >= 0.3 is 23.9 Å². The Morgan fingerprint density at radius 2 is 1.00 bits per heavy atom. The molecule has 0 fully saturated rings. The second kappa shape index (κ2) is 9.16. The minimum atomic E-state index is -7.20. The van der Waals surface area contributed by atoms with Crippen LogP contribution in [0.2, 0.25) is 0 Å². The average Bonchev–Trinajstić information content (AvgIpc) is 2.47. The first-order valence-electron chi connectivity index (χ1n) is 7.69. The summed E-state index contributed by atoms with van der Waals surface area (Å²) in [6.07, 6.45) is -7.05. The first-order chi connectivity index (χ1) is 11.7. The summed E-state index contributed by atoms with van der Waals surface area (Å²) >= 11 is 0. The fraction of sp³-hybridized carbons (Fsp3) is 1.00. The summed E-state index contributed by atoms with van der Waals surface area (Å²) in [6, 6.07) is 0. The van der Waals surface area contributed by atoms with Crippen molar-refractivity contribution in [2.45, 2.75) is 51.6 Å². The van der Waals surface area contributed by atoms with E-state index >= 15 is 0 Å². The molecule has 0 rings (SSSR count). The third kappa shape index (κ3) is 6.97. The Morgan fingerprint density at radius 1 is 0.704 bits per heavy atom. The van der Waals surface area contributed by atoms with Crippen molar-refractivity contribution in [3.8, 4) is 0 Å². The fourth-order valence-electron chi connectivity index (χ4n) is 2.06. The molecule has 0 aliphatic rings. The average molecular weight is 443 g/mol.